The van der Waals surface area contributed by atoms with Crippen LogP contribution in [0.5, 0.6) is 0 Å². The zero-order valence-electron chi connectivity index (χ0n) is 8.40. The first kappa shape index (κ1) is 9.99. The van der Waals surface area contributed by atoms with Gasteiger partial charge in [-0.2, -0.15) is 5.26 Å². The van der Waals surface area contributed by atoms with E-state index in [-0.39, 0.29) is 11.4 Å². The third-order valence-electron chi connectivity index (χ3n) is 2.25. The number of pyridine rings is 1. The highest BCUT2D eigenvalue weighted by molar-refractivity contribution is 5.71. The van der Waals surface area contributed by atoms with Crippen molar-refractivity contribution in [3.8, 4) is 17.2 Å². The average Bonchev–Trinajstić information content (AvgIpc) is 2.29. The Balaban J connectivity index is 2.75. The van der Waals surface area contributed by atoms with Crippen molar-refractivity contribution < 1.29 is 0 Å². The van der Waals surface area contributed by atoms with Crippen molar-refractivity contribution in [1.29, 1.82) is 5.26 Å². The predicted molar refractivity (Wildman–Crippen MR) is 61.6 cm³/mol. The van der Waals surface area contributed by atoms with Gasteiger partial charge in [0.1, 0.15) is 17.5 Å². The molecule has 2 aromatic rings. The van der Waals surface area contributed by atoms with Crippen LogP contribution in [-0.2, 0) is 0 Å². The monoisotopic (exact) mass is 211 g/mol. The van der Waals surface area contributed by atoms with Crippen LogP contribution in [0.25, 0.3) is 11.1 Å². The van der Waals surface area contributed by atoms with Gasteiger partial charge in [0, 0.05) is 5.56 Å². The molecule has 2 rings (SSSR count). The van der Waals surface area contributed by atoms with Gasteiger partial charge >= 0.3 is 0 Å². The molecule has 4 heteroatoms. The Kier molecular flexibility index (Phi) is 2.44. The molecule has 0 saturated heterocycles. The predicted octanol–water partition coefficient (Wildman–Crippen LogP) is 1.50. The van der Waals surface area contributed by atoms with Crippen LogP contribution >= 0.6 is 0 Å². The lowest BCUT2D eigenvalue weighted by Crippen LogP contribution is -2.13. The standard InChI is InChI=1S/C12H9N3O/c13-7-10-9(6-11(14)15-12(10)16)8-4-2-1-3-5-8/h1-6H,(H3,14,15,16). The van der Waals surface area contributed by atoms with Gasteiger partial charge in [-0.3, -0.25) is 4.79 Å². The van der Waals surface area contributed by atoms with E-state index in [2.05, 4.69) is 4.98 Å². The van der Waals surface area contributed by atoms with Crippen LogP contribution in [0, 0.1) is 11.3 Å². The number of anilines is 1. The summed E-state index contributed by atoms with van der Waals surface area (Å²) in [6.07, 6.45) is 0. The van der Waals surface area contributed by atoms with E-state index < -0.39 is 5.56 Å². The molecule has 78 valence electrons. The number of rotatable bonds is 1. The topological polar surface area (TPSA) is 82.7 Å². The second-order valence-corrected chi connectivity index (χ2v) is 3.32. The zero-order valence-corrected chi connectivity index (χ0v) is 8.40. The van der Waals surface area contributed by atoms with Crippen molar-refractivity contribution in [3.63, 3.8) is 0 Å². The fourth-order valence-electron chi connectivity index (χ4n) is 1.54. The summed E-state index contributed by atoms with van der Waals surface area (Å²) >= 11 is 0. The molecule has 4 nitrogen and oxygen atoms in total. The fraction of sp³-hybridized carbons (Fsp3) is 0. The lowest BCUT2D eigenvalue weighted by molar-refractivity contribution is 1.22. The van der Waals surface area contributed by atoms with Crippen molar-refractivity contribution in [2.75, 3.05) is 5.73 Å². The smallest absolute Gasteiger partial charge is 0.268 e. The summed E-state index contributed by atoms with van der Waals surface area (Å²) in [5, 5.41) is 8.94. The number of nitrogens with one attached hydrogen (secondary N) is 1. The van der Waals surface area contributed by atoms with Crippen LogP contribution in [0.1, 0.15) is 5.56 Å². The van der Waals surface area contributed by atoms with Crippen molar-refractivity contribution >= 4 is 5.82 Å². The first-order chi connectivity index (χ1) is 7.72. The first-order valence-electron chi connectivity index (χ1n) is 4.70. The van der Waals surface area contributed by atoms with Crippen LogP contribution in [0.2, 0.25) is 0 Å². The molecule has 16 heavy (non-hydrogen) atoms. The summed E-state index contributed by atoms with van der Waals surface area (Å²) < 4.78 is 0. The van der Waals surface area contributed by atoms with Crippen molar-refractivity contribution in [1.82, 2.24) is 4.98 Å². The summed E-state index contributed by atoms with van der Waals surface area (Å²) in [7, 11) is 0. The van der Waals surface area contributed by atoms with Gasteiger partial charge in [0.15, 0.2) is 0 Å². The van der Waals surface area contributed by atoms with E-state index in [0.29, 0.717) is 5.56 Å². The number of aromatic amines is 1. The highest BCUT2D eigenvalue weighted by Crippen LogP contribution is 2.21. The van der Waals surface area contributed by atoms with Gasteiger partial charge < -0.3 is 10.7 Å². The Morgan fingerprint density at radius 1 is 1.25 bits per heavy atom. The van der Waals surface area contributed by atoms with Crippen molar-refractivity contribution in [2.45, 2.75) is 0 Å². The summed E-state index contributed by atoms with van der Waals surface area (Å²) in [5.74, 6) is 0.253. The maximum absolute atomic E-state index is 11.5. The molecule has 1 aromatic heterocycles. The van der Waals surface area contributed by atoms with Gasteiger partial charge in [-0.1, -0.05) is 30.3 Å². The molecule has 0 aliphatic rings. The molecular formula is C12H9N3O. The second kappa shape index (κ2) is 3.91. The van der Waals surface area contributed by atoms with Gasteiger partial charge in [-0.05, 0) is 11.6 Å². The molecule has 0 atom stereocenters. The molecule has 3 N–H and O–H groups in total. The minimum atomic E-state index is -0.457. The number of nitrogens with two attached hydrogens (primary N) is 1. The molecular weight excluding hydrogens is 202 g/mol. The second-order valence-electron chi connectivity index (χ2n) is 3.32. The molecule has 0 aliphatic carbocycles. The third kappa shape index (κ3) is 1.66. The van der Waals surface area contributed by atoms with Gasteiger partial charge in [-0.15, -0.1) is 0 Å². The number of hydrogen-bond acceptors (Lipinski definition) is 3. The van der Waals surface area contributed by atoms with Crippen molar-refractivity contribution in [2.24, 2.45) is 0 Å². The van der Waals surface area contributed by atoms with Gasteiger partial charge in [0.05, 0.1) is 0 Å². The lowest BCUT2D eigenvalue weighted by Gasteiger charge is -2.04. The van der Waals surface area contributed by atoms with E-state index in [1.165, 1.54) is 0 Å². The van der Waals surface area contributed by atoms with Crippen LogP contribution in [0.4, 0.5) is 5.82 Å². The van der Waals surface area contributed by atoms with Crippen LogP contribution < -0.4 is 11.3 Å². The molecule has 1 aromatic carbocycles. The van der Waals surface area contributed by atoms with E-state index in [1.807, 2.05) is 36.4 Å². The van der Waals surface area contributed by atoms with Crippen LogP contribution in [0.3, 0.4) is 0 Å². The Labute approximate surface area is 92.0 Å². The highest BCUT2D eigenvalue weighted by Gasteiger charge is 2.09. The molecule has 0 radical (unpaired) electrons. The van der Waals surface area contributed by atoms with E-state index in [9.17, 15) is 4.79 Å². The summed E-state index contributed by atoms with van der Waals surface area (Å²) in [6.45, 7) is 0. The number of hydrogen-bond donors (Lipinski definition) is 2. The Bertz CT molecular complexity index is 608. The van der Waals surface area contributed by atoms with Crippen LogP contribution in [0.15, 0.2) is 41.2 Å². The maximum atomic E-state index is 11.5. The minimum absolute atomic E-state index is 0.0837. The largest absolute Gasteiger partial charge is 0.385 e. The molecule has 0 fully saturated rings. The summed E-state index contributed by atoms with van der Waals surface area (Å²) in [6, 6.07) is 12.7. The molecule has 0 unspecified atom stereocenters. The van der Waals surface area contributed by atoms with E-state index >= 15 is 0 Å². The Hall–Kier alpha value is -2.54. The number of nitrogens with zero attached hydrogens (tertiary/aromatic N) is 1. The van der Waals surface area contributed by atoms with E-state index in [4.69, 9.17) is 11.0 Å². The maximum Gasteiger partial charge on any atom is 0.268 e. The summed E-state index contributed by atoms with van der Waals surface area (Å²) in [4.78, 5) is 13.9. The minimum Gasteiger partial charge on any atom is -0.385 e. The van der Waals surface area contributed by atoms with E-state index in [0.717, 1.165) is 5.56 Å². The highest BCUT2D eigenvalue weighted by atomic mass is 16.1. The molecule has 1 heterocycles. The lowest BCUT2D eigenvalue weighted by atomic mass is 10.0. The molecule has 0 bridgehead atoms. The number of benzene rings is 1. The quantitative estimate of drug-likeness (QED) is 0.749. The zero-order chi connectivity index (χ0) is 11.5. The molecule has 0 aliphatic heterocycles. The number of H-pyrrole nitrogens is 1. The molecule has 0 amide bonds. The van der Waals surface area contributed by atoms with Gasteiger partial charge in [0.2, 0.25) is 0 Å². The normalized spacial score (nSPS) is 9.69. The molecule has 0 saturated carbocycles. The van der Waals surface area contributed by atoms with E-state index in [1.54, 1.807) is 6.07 Å². The number of aromatic nitrogens is 1. The fourth-order valence-corrected chi connectivity index (χ4v) is 1.54. The Morgan fingerprint density at radius 2 is 1.94 bits per heavy atom. The van der Waals surface area contributed by atoms with Gasteiger partial charge in [-0.25, -0.2) is 0 Å². The van der Waals surface area contributed by atoms with Crippen LogP contribution in [-0.4, -0.2) is 4.98 Å². The van der Waals surface area contributed by atoms with Gasteiger partial charge in [0.25, 0.3) is 5.56 Å². The Morgan fingerprint density at radius 3 is 2.56 bits per heavy atom. The van der Waals surface area contributed by atoms with Crippen molar-refractivity contribution in [3.05, 3.63) is 52.3 Å². The number of nitriles is 1. The number of nitrogen functional groups attached to an aromatic ring is 1. The SMILES string of the molecule is N#Cc1c(-c2ccccc2)cc(N)[nH]c1=O. The molecule has 0 spiro atoms. The summed E-state index contributed by atoms with van der Waals surface area (Å²) in [5.41, 5.74) is 6.54. The first-order valence-corrected chi connectivity index (χ1v) is 4.70. The third-order valence-corrected chi connectivity index (χ3v) is 2.25. The average molecular weight is 211 g/mol.